The number of likely N-dealkylation sites (N-methyl/N-ethyl adjacent to an activating group) is 1. The summed E-state index contributed by atoms with van der Waals surface area (Å²) < 4.78 is 87.0. The van der Waals surface area contributed by atoms with Crippen LogP contribution in [-0.4, -0.2) is 67.8 Å². The van der Waals surface area contributed by atoms with E-state index in [0.717, 1.165) is 21.9 Å². The largest absolute Gasteiger partial charge is 0.497 e. The Balaban J connectivity index is 0.000000517. The Morgan fingerprint density at radius 1 is 0.882 bits per heavy atom. The molecule has 0 saturated carbocycles. The summed E-state index contributed by atoms with van der Waals surface area (Å²) in [5.74, 6) is -2.24. The monoisotopic (exact) mass is 727 g/mol. The first-order chi connectivity index (χ1) is 24.0. The van der Waals surface area contributed by atoms with Crippen molar-refractivity contribution in [2.24, 2.45) is 16.2 Å². The zero-order valence-corrected chi connectivity index (χ0v) is 29.0. The van der Waals surface area contributed by atoms with Gasteiger partial charge < -0.3 is 15.2 Å². The molecule has 10 nitrogen and oxygen atoms in total. The van der Waals surface area contributed by atoms with Crippen LogP contribution in [-0.2, 0) is 16.1 Å². The van der Waals surface area contributed by atoms with Crippen LogP contribution in [0.3, 0.4) is 0 Å². The minimum atomic E-state index is -4.63. The van der Waals surface area contributed by atoms with E-state index in [0.29, 0.717) is 6.41 Å². The molecule has 0 aliphatic heterocycles. The van der Waals surface area contributed by atoms with Gasteiger partial charge in [0.1, 0.15) is 18.0 Å². The number of benzene rings is 3. The van der Waals surface area contributed by atoms with Gasteiger partial charge in [-0.05, 0) is 54.0 Å². The third kappa shape index (κ3) is 17.9. The van der Waals surface area contributed by atoms with Crippen LogP contribution in [0.15, 0.2) is 83.2 Å². The van der Waals surface area contributed by atoms with Gasteiger partial charge in [0.05, 0.1) is 26.2 Å². The molecular weight excluding hydrogens is 684 g/mol. The highest BCUT2D eigenvalue weighted by molar-refractivity contribution is 5.96. The van der Waals surface area contributed by atoms with Crippen LogP contribution in [0.2, 0.25) is 0 Å². The number of Topliss-reactive ketones (excluding diaryl/α,β-unsaturated/α-hetero) is 1. The van der Waals surface area contributed by atoms with Gasteiger partial charge in [0.15, 0.2) is 5.78 Å². The zero-order chi connectivity index (χ0) is 38.6. The average Bonchev–Trinajstić information content (AvgIpc) is 3.08. The molecule has 3 aromatic carbocycles. The second kappa shape index (κ2) is 21.8. The Labute approximate surface area is 293 Å². The predicted octanol–water partition coefficient (Wildman–Crippen LogP) is 8.01. The van der Waals surface area contributed by atoms with Gasteiger partial charge in [0.2, 0.25) is 12.3 Å². The lowest BCUT2D eigenvalue weighted by Gasteiger charge is -2.20. The Morgan fingerprint density at radius 3 is 1.94 bits per heavy atom. The van der Waals surface area contributed by atoms with Gasteiger partial charge >= 0.3 is 12.4 Å². The summed E-state index contributed by atoms with van der Waals surface area (Å²) in [5.41, 5.74) is 6.86. The number of methoxy groups -OCH3 is 1. The second-order valence-electron chi connectivity index (χ2n) is 10.7. The van der Waals surface area contributed by atoms with Gasteiger partial charge in [-0.1, -0.05) is 73.2 Å². The van der Waals surface area contributed by atoms with Crippen molar-refractivity contribution in [3.05, 3.63) is 95.1 Å². The Morgan fingerprint density at radius 2 is 1.45 bits per heavy atom. The molecule has 280 valence electrons. The summed E-state index contributed by atoms with van der Waals surface area (Å²) in [6.07, 6.45) is -10.3. The van der Waals surface area contributed by atoms with Crippen LogP contribution >= 0.6 is 0 Å². The molecule has 0 aromatic heterocycles. The van der Waals surface area contributed by atoms with Crippen molar-refractivity contribution in [1.82, 2.24) is 10.0 Å². The molecular formula is C35H43F6N5O5. The lowest BCUT2D eigenvalue weighted by atomic mass is 9.91. The quantitative estimate of drug-likeness (QED) is 0.0398. The molecule has 0 aliphatic rings. The second-order valence-corrected chi connectivity index (χ2v) is 10.7. The number of hydrogen-bond donors (Lipinski definition) is 1. The van der Waals surface area contributed by atoms with Gasteiger partial charge in [-0.3, -0.25) is 19.4 Å². The highest BCUT2D eigenvalue weighted by Gasteiger charge is 2.42. The summed E-state index contributed by atoms with van der Waals surface area (Å²) in [5, 5.41) is 9.76. The van der Waals surface area contributed by atoms with E-state index in [2.05, 4.69) is 10.4 Å². The molecule has 0 saturated heterocycles. The first-order valence-corrected chi connectivity index (χ1v) is 15.7. The summed E-state index contributed by atoms with van der Waals surface area (Å²) in [6, 6.07) is 18.4. The number of amides is 2. The van der Waals surface area contributed by atoms with E-state index in [1.165, 1.54) is 48.5 Å². The third-order valence-corrected chi connectivity index (χ3v) is 6.63. The van der Waals surface area contributed by atoms with Crippen molar-refractivity contribution in [3.63, 3.8) is 0 Å². The highest BCUT2D eigenvalue weighted by atomic mass is 19.4. The number of carbonyl (C=O) groups excluding carboxylic acids is 3. The minimum absolute atomic E-state index is 0.0707. The number of alkyl halides is 6. The van der Waals surface area contributed by atoms with Gasteiger partial charge in [0, 0.05) is 25.5 Å². The molecule has 0 heterocycles. The highest BCUT2D eigenvalue weighted by Crippen LogP contribution is 2.39. The van der Waals surface area contributed by atoms with Crippen LogP contribution in [0.5, 0.6) is 11.5 Å². The molecule has 2 N–H and O–H groups in total. The van der Waals surface area contributed by atoms with Crippen molar-refractivity contribution in [2.45, 2.75) is 64.8 Å². The summed E-state index contributed by atoms with van der Waals surface area (Å²) in [6.45, 7) is 5.80. The van der Waals surface area contributed by atoms with Gasteiger partial charge in [0.25, 0.3) is 0 Å². The standard InChI is InChI=1S/C21H20F6O2.C12H17N5O3.C2H6/c1-14-3-5-16(6-4-14)19(28)13-18(21(25,26)27)15-7-9-17(10-8-15)29-12-2-11-20(22,23)24;1-16(8-12(13)19)14-15-17(9-18)7-10-3-5-11(20-2)6-4-10;1-2/h3-10,18H,2,11-13H2,1H3;3-6,9H,7-8H2,1-2H3,(H2,13,19);1-2H3/b;15-14-;. The van der Waals surface area contributed by atoms with Crippen LogP contribution in [0.25, 0.3) is 0 Å². The molecule has 1 unspecified atom stereocenters. The number of nitrogens with zero attached hydrogens (tertiary/aromatic N) is 4. The number of nitrogens with two attached hydrogens (primary N) is 1. The first kappa shape index (κ1) is 43.9. The van der Waals surface area contributed by atoms with Crippen molar-refractivity contribution < 1.29 is 50.2 Å². The van der Waals surface area contributed by atoms with Gasteiger partial charge in [-0.2, -0.15) is 26.3 Å². The molecule has 1 atom stereocenters. The normalized spacial score (nSPS) is 11.7. The maximum Gasteiger partial charge on any atom is 0.396 e. The Hall–Kier alpha value is -5.15. The van der Waals surface area contributed by atoms with Crippen molar-refractivity contribution in [2.75, 3.05) is 27.3 Å². The Bertz CT molecular complexity index is 1500. The van der Waals surface area contributed by atoms with E-state index in [4.69, 9.17) is 15.2 Å². The van der Waals surface area contributed by atoms with E-state index in [1.807, 2.05) is 26.0 Å². The zero-order valence-electron chi connectivity index (χ0n) is 29.0. The molecule has 0 spiro atoms. The SMILES string of the molecule is CC.COc1ccc(CN(C=O)/N=N\N(C)CC(N)=O)cc1.Cc1ccc(C(=O)CC(c2ccc(OCCCC(F)(F)F)cc2)C(F)(F)F)cc1. The third-order valence-electron chi connectivity index (χ3n) is 6.63. The topological polar surface area (TPSA) is 127 Å². The van der Waals surface area contributed by atoms with Crippen LogP contribution in [0.4, 0.5) is 26.3 Å². The molecule has 51 heavy (non-hydrogen) atoms. The molecule has 3 aromatic rings. The number of primary amides is 1. The maximum absolute atomic E-state index is 13.5. The average molecular weight is 728 g/mol. The van der Waals surface area contributed by atoms with E-state index in [9.17, 15) is 40.7 Å². The molecule has 3 rings (SSSR count). The van der Waals surface area contributed by atoms with Crippen molar-refractivity contribution in [3.8, 4) is 11.5 Å². The predicted molar refractivity (Wildman–Crippen MR) is 179 cm³/mol. The molecule has 0 fully saturated rings. The van der Waals surface area contributed by atoms with Crippen molar-refractivity contribution >= 4 is 18.1 Å². The van der Waals surface area contributed by atoms with Crippen molar-refractivity contribution in [1.29, 1.82) is 0 Å². The van der Waals surface area contributed by atoms with E-state index in [1.54, 1.807) is 38.3 Å². The van der Waals surface area contributed by atoms with Gasteiger partial charge in [-0.15, -0.1) is 0 Å². The number of carbonyl (C=O) groups is 3. The fraction of sp³-hybridized carbons (Fsp3) is 0.400. The van der Waals surface area contributed by atoms with Gasteiger partial charge in [-0.25, -0.2) is 5.01 Å². The summed E-state index contributed by atoms with van der Waals surface area (Å²) in [7, 11) is 3.11. The molecule has 0 radical (unpaired) electrons. The Kier molecular flexibility index (Phi) is 18.8. The molecule has 0 aliphatic carbocycles. The number of rotatable bonds is 16. The van der Waals surface area contributed by atoms with E-state index < -0.39 is 42.8 Å². The molecule has 2 amide bonds. The van der Waals surface area contributed by atoms with Crippen LogP contribution in [0, 0.1) is 6.92 Å². The number of hydrogen-bond acceptors (Lipinski definition) is 7. The van der Waals surface area contributed by atoms with Crippen LogP contribution in [0.1, 0.15) is 66.1 Å². The summed E-state index contributed by atoms with van der Waals surface area (Å²) in [4.78, 5) is 33.9. The smallest absolute Gasteiger partial charge is 0.396 e. The lowest BCUT2D eigenvalue weighted by molar-refractivity contribution is -0.149. The maximum atomic E-state index is 13.5. The first-order valence-electron chi connectivity index (χ1n) is 15.7. The van der Waals surface area contributed by atoms with E-state index >= 15 is 0 Å². The number of halogens is 6. The fourth-order valence-corrected chi connectivity index (χ4v) is 4.11. The molecule has 16 heteroatoms. The fourth-order valence-electron chi connectivity index (χ4n) is 4.11. The number of ether oxygens (including phenoxy) is 2. The minimum Gasteiger partial charge on any atom is -0.497 e. The number of aryl methyl sites for hydroxylation is 1. The summed E-state index contributed by atoms with van der Waals surface area (Å²) >= 11 is 0. The number of ketones is 1. The lowest BCUT2D eigenvalue weighted by Crippen LogP contribution is -2.27. The van der Waals surface area contributed by atoms with E-state index in [-0.39, 0.29) is 43.0 Å². The van der Waals surface area contributed by atoms with Crippen LogP contribution < -0.4 is 15.2 Å². The molecule has 0 bridgehead atoms.